The van der Waals surface area contributed by atoms with Gasteiger partial charge in [-0.2, -0.15) is 0 Å². The summed E-state index contributed by atoms with van der Waals surface area (Å²) in [6.45, 7) is 1.21. The lowest BCUT2D eigenvalue weighted by Crippen LogP contribution is -2.30. The molecule has 2 heterocycles. The zero-order valence-electron chi connectivity index (χ0n) is 12.7. The normalized spacial score (nSPS) is 22.7. The third-order valence-electron chi connectivity index (χ3n) is 3.98. The number of nitrogens with one attached hydrogen (secondary N) is 1. The van der Waals surface area contributed by atoms with Crippen LogP contribution in [0.5, 0.6) is 0 Å². The van der Waals surface area contributed by atoms with Crippen LogP contribution in [0, 0.1) is 5.92 Å². The second kappa shape index (κ2) is 7.74. The number of nitrogens with zero attached hydrogens (tertiary/aromatic N) is 2. The number of ether oxygens (including phenoxy) is 1. The lowest BCUT2D eigenvalue weighted by atomic mass is 9.93. The van der Waals surface area contributed by atoms with Gasteiger partial charge < -0.3 is 20.4 Å². The molecule has 7 heteroatoms. The van der Waals surface area contributed by atoms with E-state index in [1.165, 1.54) is 6.08 Å². The molecule has 0 unspecified atom stereocenters. The Labute approximate surface area is 129 Å². The van der Waals surface area contributed by atoms with E-state index < -0.39 is 0 Å². The van der Waals surface area contributed by atoms with E-state index >= 15 is 0 Å². The zero-order chi connectivity index (χ0) is 15.9. The van der Waals surface area contributed by atoms with Gasteiger partial charge in [-0.05, 0) is 24.8 Å². The molecule has 0 aromatic carbocycles. The molecule has 3 N–H and O–H groups in total. The average Bonchev–Trinajstić information content (AvgIpc) is 2.92. The summed E-state index contributed by atoms with van der Waals surface area (Å²) in [7, 11) is 1.63. The van der Waals surface area contributed by atoms with Gasteiger partial charge in [0.2, 0.25) is 11.8 Å². The van der Waals surface area contributed by atoms with Crippen LogP contribution < -0.4 is 5.73 Å². The third kappa shape index (κ3) is 4.42. The van der Waals surface area contributed by atoms with Gasteiger partial charge in [0.15, 0.2) is 0 Å². The average molecular weight is 306 g/mol. The zero-order valence-corrected chi connectivity index (χ0v) is 12.7. The molecule has 2 amide bonds. The highest BCUT2D eigenvalue weighted by molar-refractivity contribution is 5.91. The lowest BCUT2D eigenvalue weighted by molar-refractivity contribution is -0.126. The molecule has 1 aromatic rings. The van der Waals surface area contributed by atoms with Crippen molar-refractivity contribution in [3.05, 3.63) is 24.3 Å². The highest BCUT2D eigenvalue weighted by atomic mass is 16.5. The molecule has 0 saturated carbocycles. The monoisotopic (exact) mass is 306 g/mol. The maximum absolute atomic E-state index is 12.2. The van der Waals surface area contributed by atoms with Gasteiger partial charge in [-0.15, -0.1) is 0 Å². The first kappa shape index (κ1) is 16.2. The van der Waals surface area contributed by atoms with Crippen molar-refractivity contribution < 1.29 is 14.3 Å². The predicted octanol–water partition coefficient (Wildman–Crippen LogP) is 0.552. The van der Waals surface area contributed by atoms with Crippen LogP contribution in [0.4, 0.5) is 0 Å². The number of hydrogen-bond donors (Lipinski definition) is 2. The molecule has 1 saturated heterocycles. The molecule has 2 rings (SSSR count). The van der Waals surface area contributed by atoms with Crippen molar-refractivity contribution in [2.75, 3.05) is 20.2 Å². The number of likely N-dealkylation sites (tertiary alicyclic amines) is 1. The molecule has 0 bridgehead atoms. The van der Waals surface area contributed by atoms with Gasteiger partial charge in [0.1, 0.15) is 0 Å². The molecule has 1 aliphatic rings. The van der Waals surface area contributed by atoms with Gasteiger partial charge in [0.25, 0.3) is 0 Å². The molecule has 0 aliphatic carbocycles. The van der Waals surface area contributed by atoms with E-state index in [0.29, 0.717) is 32.4 Å². The Bertz CT molecular complexity index is 527. The van der Waals surface area contributed by atoms with E-state index in [4.69, 9.17) is 10.5 Å². The number of aromatic amines is 1. The maximum Gasteiger partial charge on any atom is 0.246 e. The highest BCUT2D eigenvalue weighted by Crippen LogP contribution is 2.23. The number of H-pyrrole nitrogens is 1. The van der Waals surface area contributed by atoms with E-state index in [2.05, 4.69) is 9.97 Å². The fourth-order valence-electron chi connectivity index (χ4n) is 2.79. The Morgan fingerprint density at radius 3 is 2.91 bits per heavy atom. The summed E-state index contributed by atoms with van der Waals surface area (Å²) in [5, 5.41) is 0. The van der Waals surface area contributed by atoms with Crippen molar-refractivity contribution in [2.24, 2.45) is 11.7 Å². The number of carbonyl (C=O) groups is 2. The summed E-state index contributed by atoms with van der Waals surface area (Å²) >= 11 is 0. The Hall–Kier alpha value is -2.15. The van der Waals surface area contributed by atoms with Crippen LogP contribution in [0.25, 0.3) is 6.08 Å². The van der Waals surface area contributed by atoms with Crippen molar-refractivity contribution >= 4 is 17.9 Å². The number of amides is 2. The van der Waals surface area contributed by atoms with Gasteiger partial charge in [0, 0.05) is 32.7 Å². The number of aromatic nitrogens is 2. The maximum atomic E-state index is 12.2. The van der Waals surface area contributed by atoms with Crippen molar-refractivity contribution in [1.82, 2.24) is 14.9 Å². The van der Waals surface area contributed by atoms with Crippen LogP contribution in [0.2, 0.25) is 0 Å². The van der Waals surface area contributed by atoms with Crippen LogP contribution in [0.1, 0.15) is 25.0 Å². The summed E-state index contributed by atoms with van der Waals surface area (Å²) in [5.41, 5.74) is 6.07. The molecule has 1 fully saturated rings. The Morgan fingerprint density at radius 1 is 1.50 bits per heavy atom. The first-order valence-corrected chi connectivity index (χ1v) is 7.36. The molecular weight excluding hydrogens is 284 g/mol. The van der Waals surface area contributed by atoms with Gasteiger partial charge in [-0.3, -0.25) is 9.59 Å². The Morgan fingerprint density at radius 2 is 2.27 bits per heavy atom. The van der Waals surface area contributed by atoms with Gasteiger partial charge in [-0.1, -0.05) is 0 Å². The predicted molar refractivity (Wildman–Crippen MR) is 81.5 cm³/mol. The third-order valence-corrected chi connectivity index (χ3v) is 3.98. The van der Waals surface area contributed by atoms with Crippen molar-refractivity contribution in [3.63, 3.8) is 0 Å². The summed E-state index contributed by atoms with van der Waals surface area (Å²) in [6.07, 6.45) is 8.12. The molecule has 0 spiro atoms. The minimum absolute atomic E-state index is 0.0399. The summed E-state index contributed by atoms with van der Waals surface area (Å²) in [4.78, 5) is 32.0. The standard InChI is InChI=1S/C15H22N4O3/c1-22-13-5-7-19(6-4-11(13)8-14(16)20)15(21)3-2-12-9-17-10-18-12/h2-3,9-11,13H,4-8H2,1H3,(H2,16,20)(H,17,18)/b3-2+/t11-,13+/m1/s1. The quantitative estimate of drug-likeness (QED) is 0.776. The minimum atomic E-state index is -0.328. The first-order valence-electron chi connectivity index (χ1n) is 7.36. The number of imidazole rings is 1. The number of primary amides is 1. The lowest BCUT2D eigenvalue weighted by Gasteiger charge is -2.21. The molecule has 1 aromatic heterocycles. The molecule has 1 aliphatic heterocycles. The summed E-state index contributed by atoms with van der Waals surface area (Å²) in [5.74, 6) is -0.313. The van der Waals surface area contributed by atoms with Crippen LogP contribution >= 0.6 is 0 Å². The number of methoxy groups -OCH3 is 1. The second-order valence-electron chi connectivity index (χ2n) is 5.45. The van der Waals surface area contributed by atoms with E-state index in [1.807, 2.05) is 0 Å². The van der Waals surface area contributed by atoms with E-state index in [0.717, 1.165) is 5.69 Å². The highest BCUT2D eigenvalue weighted by Gasteiger charge is 2.28. The molecular formula is C15H22N4O3. The molecule has 7 nitrogen and oxygen atoms in total. The van der Waals surface area contributed by atoms with Crippen LogP contribution in [-0.2, 0) is 14.3 Å². The second-order valence-corrected chi connectivity index (χ2v) is 5.45. The van der Waals surface area contributed by atoms with Crippen molar-refractivity contribution in [3.8, 4) is 0 Å². The topological polar surface area (TPSA) is 101 Å². The van der Waals surface area contributed by atoms with E-state index in [-0.39, 0.29) is 23.8 Å². The number of rotatable bonds is 5. The van der Waals surface area contributed by atoms with Gasteiger partial charge >= 0.3 is 0 Å². The minimum Gasteiger partial charge on any atom is -0.381 e. The Balaban J connectivity index is 1.95. The van der Waals surface area contributed by atoms with E-state index in [1.54, 1.807) is 30.6 Å². The summed E-state index contributed by atoms with van der Waals surface area (Å²) in [6, 6.07) is 0. The number of carbonyl (C=O) groups excluding carboxylic acids is 2. The molecule has 120 valence electrons. The van der Waals surface area contributed by atoms with Crippen molar-refractivity contribution in [2.45, 2.75) is 25.4 Å². The van der Waals surface area contributed by atoms with E-state index in [9.17, 15) is 9.59 Å². The number of hydrogen-bond acceptors (Lipinski definition) is 4. The van der Waals surface area contributed by atoms with Crippen LogP contribution in [0.3, 0.4) is 0 Å². The Kier molecular flexibility index (Phi) is 5.71. The van der Waals surface area contributed by atoms with Gasteiger partial charge in [-0.25, -0.2) is 4.98 Å². The van der Waals surface area contributed by atoms with Gasteiger partial charge in [0.05, 0.1) is 24.3 Å². The molecule has 2 atom stereocenters. The van der Waals surface area contributed by atoms with Crippen molar-refractivity contribution in [1.29, 1.82) is 0 Å². The SMILES string of the molecule is CO[C@H]1CCN(C(=O)/C=C/c2cnc[nH]2)CC[C@@H]1CC(N)=O. The summed E-state index contributed by atoms with van der Waals surface area (Å²) < 4.78 is 5.45. The van der Waals surface area contributed by atoms with Crippen LogP contribution in [0.15, 0.2) is 18.6 Å². The molecule has 22 heavy (non-hydrogen) atoms. The molecule has 0 radical (unpaired) electrons. The first-order chi connectivity index (χ1) is 10.6. The number of nitrogens with two attached hydrogens (primary N) is 1. The fourth-order valence-corrected chi connectivity index (χ4v) is 2.79. The van der Waals surface area contributed by atoms with Crippen LogP contribution in [-0.4, -0.2) is 53.0 Å². The largest absolute Gasteiger partial charge is 0.381 e. The fraction of sp³-hybridized carbons (Fsp3) is 0.533. The smallest absolute Gasteiger partial charge is 0.246 e.